The molecule has 2 amide bonds. The van der Waals surface area contributed by atoms with Gasteiger partial charge in [0.25, 0.3) is 11.8 Å². The molecule has 40 heavy (non-hydrogen) atoms. The van der Waals surface area contributed by atoms with Crippen LogP contribution >= 0.6 is 11.3 Å². The number of sulfonamides is 1. The van der Waals surface area contributed by atoms with Crippen LogP contribution in [0.15, 0.2) is 29.2 Å². The van der Waals surface area contributed by atoms with E-state index in [9.17, 15) is 22.8 Å². The summed E-state index contributed by atoms with van der Waals surface area (Å²) in [7, 11) is -0.373. The van der Waals surface area contributed by atoms with E-state index in [1.54, 1.807) is 21.0 Å². The second-order valence-corrected chi connectivity index (χ2v) is 13.4. The van der Waals surface area contributed by atoms with Gasteiger partial charge in [0.15, 0.2) is 0 Å². The van der Waals surface area contributed by atoms with E-state index in [1.807, 2.05) is 0 Å². The average molecular weight is 591 g/mol. The summed E-state index contributed by atoms with van der Waals surface area (Å²) in [4.78, 5) is 43.3. The molecule has 1 N–H and O–H groups in total. The topological polar surface area (TPSA) is 116 Å². The van der Waals surface area contributed by atoms with Crippen molar-refractivity contribution >= 4 is 44.1 Å². The van der Waals surface area contributed by atoms with Crippen LogP contribution in [0.1, 0.15) is 64.3 Å². The van der Waals surface area contributed by atoms with Crippen molar-refractivity contribution in [3.05, 3.63) is 45.8 Å². The zero-order valence-corrected chi connectivity index (χ0v) is 25.2. The van der Waals surface area contributed by atoms with Crippen LogP contribution < -0.4 is 5.32 Å². The number of piperidine rings is 1. The highest BCUT2D eigenvalue weighted by atomic mass is 32.2. The van der Waals surface area contributed by atoms with Crippen molar-refractivity contribution in [1.82, 2.24) is 14.1 Å². The number of amides is 2. The number of rotatable bonds is 9. The first kappa shape index (κ1) is 30.2. The average Bonchev–Trinajstić information content (AvgIpc) is 3.29. The smallest absolute Gasteiger partial charge is 0.309 e. The molecule has 0 radical (unpaired) electrons. The molecule has 218 valence electrons. The number of thiophene rings is 1. The number of hydrogen-bond acceptors (Lipinski definition) is 8. The van der Waals surface area contributed by atoms with Gasteiger partial charge < -0.3 is 15.0 Å². The predicted octanol–water partition coefficient (Wildman–Crippen LogP) is 3.43. The minimum Gasteiger partial charge on any atom is -0.466 e. The number of benzene rings is 1. The first-order valence-corrected chi connectivity index (χ1v) is 16.0. The van der Waals surface area contributed by atoms with Gasteiger partial charge in [-0.3, -0.25) is 19.3 Å². The fourth-order valence-electron chi connectivity index (χ4n) is 5.20. The lowest BCUT2D eigenvalue weighted by Crippen LogP contribution is -2.40. The fourth-order valence-corrected chi connectivity index (χ4v) is 7.94. The van der Waals surface area contributed by atoms with Crippen molar-refractivity contribution in [2.24, 2.45) is 5.92 Å². The highest BCUT2D eigenvalue weighted by Crippen LogP contribution is 2.38. The van der Waals surface area contributed by atoms with Crippen molar-refractivity contribution < 1.29 is 27.5 Å². The lowest BCUT2D eigenvalue weighted by Gasteiger charge is -2.30. The Hall–Kier alpha value is -2.80. The molecule has 2 aliphatic rings. The molecule has 4 rings (SSSR count). The van der Waals surface area contributed by atoms with Crippen molar-refractivity contribution in [3.63, 3.8) is 0 Å². The van der Waals surface area contributed by atoms with Gasteiger partial charge in [-0.2, -0.15) is 4.31 Å². The van der Waals surface area contributed by atoms with Crippen LogP contribution in [-0.4, -0.2) is 87.2 Å². The lowest BCUT2D eigenvalue weighted by molar-refractivity contribution is -0.149. The highest BCUT2D eigenvalue weighted by molar-refractivity contribution is 7.89. The number of carbonyl (C=O) groups is 3. The maximum absolute atomic E-state index is 13.2. The zero-order chi connectivity index (χ0) is 29.0. The van der Waals surface area contributed by atoms with Gasteiger partial charge in [0.1, 0.15) is 5.00 Å². The number of anilines is 1. The third-order valence-corrected chi connectivity index (χ3v) is 10.4. The summed E-state index contributed by atoms with van der Waals surface area (Å²) in [6.45, 7) is 7.26. The third kappa shape index (κ3) is 6.40. The summed E-state index contributed by atoms with van der Waals surface area (Å²) in [5.74, 6) is -1.13. The Bertz CT molecular complexity index is 1350. The van der Waals surface area contributed by atoms with Crippen LogP contribution in [0, 0.1) is 5.92 Å². The van der Waals surface area contributed by atoms with Crippen molar-refractivity contribution in [3.8, 4) is 0 Å². The molecule has 0 saturated carbocycles. The summed E-state index contributed by atoms with van der Waals surface area (Å²) in [5, 5.41) is 3.45. The normalized spacial score (nSPS) is 16.8. The summed E-state index contributed by atoms with van der Waals surface area (Å²) in [6.07, 6.45) is 2.62. The van der Waals surface area contributed by atoms with Gasteiger partial charge in [-0.25, -0.2) is 8.42 Å². The molecule has 0 aliphatic carbocycles. The van der Waals surface area contributed by atoms with Gasteiger partial charge >= 0.3 is 5.97 Å². The molecule has 2 aliphatic heterocycles. The van der Waals surface area contributed by atoms with Gasteiger partial charge in [-0.1, -0.05) is 6.92 Å². The molecule has 1 fully saturated rings. The van der Waals surface area contributed by atoms with Crippen LogP contribution in [0.3, 0.4) is 0 Å². The van der Waals surface area contributed by atoms with E-state index >= 15 is 0 Å². The van der Waals surface area contributed by atoms with E-state index in [-0.39, 0.29) is 35.8 Å². The van der Waals surface area contributed by atoms with Crippen LogP contribution in [0.5, 0.6) is 0 Å². The number of nitrogens with zero attached hydrogens (tertiary/aromatic N) is 3. The SMILES string of the molecule is CCCN1CCc2c(sc(NC(=O)c3ccc(S(=O)(=O)N4CCC(C(=O)OCC)CC4)cc3)c2C(=O)N(C)C)C1. The summed E-state index contributed by atoms with van der Waals surface area (Å²) < 4.78 is 32.8. The number of hydrogen-bond donors (Lipinski definition) is 1. The second kappa shape index (κ2) is 12.8. The Morgan fingerprint density at radius 3 is 2.35 bits per heavy atom. The van der Waals surface area contributed by atoms with E-state index in [2.05, 4.69) is 17.1 Å². The van der Waals surface area contributed by atoms with E-state index in [4.69, 9.17) is 4.74 Å². The summed E-state index contributed by atoms with van der Waals surface area (Å²) in [6, 6.07) is 5.82. The monoisotopic (exact) mass is 590 g/mol. The number of ether oxygens (including phenoxy) is 1. The van der Waals surface area contributed by atoms with Crippen molar-refractivity contribution in [2.75, 3.05) is 52.2 Å². The standard InChI is InChI=1S/C28H38N4O6S2/c1-5-14-31-15-13-22-23(18-31)39-26(24(22)27(34)30(3)4)29-25(33)19-7-9-21(10-8-19)40(36,37)32-16-11-20(12-17-32)28(35)38-6-2/h7-10,20H,5-6,11-18H2,1-4H3,(H,29,33). The highest BCUT2D eigenvalue weighted by Gasteiger charge is 2.33. The molecule has 3 heterocycles. The van der Waals surface area contributed by atoms with Gasteiger partial charge in [-0.05, 0) is 69.0 Å². The van der Waals surface area contributed by atoms with E-state index < -0.39 is 15.9 Å². The molecular formula is C28H38N4O6S2. The van der Waals surface area contributed by atoms with Gasteiger partial charge in [-0.15, -0.1) is 11.3 Å². The Morgan fingerprint density at radius 1 is 1.07 bits per heavy atom. The Labute approximate surface area is 240 Å². The second-order valence-electron chi connectivity index (χ2n) is 10.3. The maximum atomic E-state index is 13.2. The third-order valence-electron chi connectivity index (χ3n) is 7.35. The number of nitrogens with one attached hydrogen (secondary N) is 1. The van der Waals surface area contributed by atoms with Crippen molar-refractivity contribution in [1.29, 1.82) is 0 Å². The maximum Gasteiger partial charge on any atom is 0.309 e. The first-order chi connectivity index (χ1) is 19.1. The van der Waals surface area contributed by atoms with Gasteiger partial charge in [0.05, 0.1) is 23.0 Å². The molecule has 12 heteroatoms. The van der Waals surface area contributed by atoms with Crippen LogP contribution in [-0.2, 0) is 32.5 Å². The Morgan fingerprint density at radius 2 is 1.75 bits per heavy atom. The first-order valence-electron chi connectivity index (χ1n) is 13.7. The minimum absolute atomic E-state index is 0.0877. The van der Waals surface area contributed by atoms with Crippen LogP contribution in [0.4, 0.5) is 5.00 Å². The van der Waals surface area contributed by atoms with Gasteiger partial charge in [0.2, 0.25) is 10.0 Å². The van der Waals surface area contributed by atoms with Crippen molar-refractivity contribution in [2.45, 2.75) is 51.0 Å². The molecule has 2 aromatic rings. The predicted molar refractivity (Wildman–Crippen MR) is 154 cm³/mol. The molecule has 0 unspecified atom stereocenters. The minimum atomic E-state index is -3.77. The molecule has 0 bridgehead atoms. The Balaban J connectivity index is 1.48. The molecule has 10 nitrogen and oxygen atoms in total. The summed E-state index contributed by atoms with van der Waals surface area (Å²) >= 11 is 1.44. The number of fused-ring (bicyclic) bond motifs is 1. The van der Waals surface area contributed by atoms with Gasteiger partial charge in [0, 0.05) is 50.7 Å². The van der Waals surface area contributed by atoms with E-state index in [1.165, 1.54) is 44.8 Å². The van der Waals surface area contributed by atoms with E-state index in [0.717, 1.165) is 42.9 Å². The fraction of sp³-hybridized carbons (Fsp3) is 0.536. The number of carbonyl (C=O) groups excluding carboxylic acids is 3. The molecule has 0 atom stereocenters. The molecule has 1 saturated heterocycles. The number of esters is 1. The molecule has 1 aromatic heterocycles. The summed E-state index contributed by atoms with van der Waals surface area (Å²) in [5.41, 5.74) is 1.83. The Kier molecular flexibility index (Phi) is 9.65. The molecule has 1 aromatic carbocycles. The van der Waals surface area contributed by atoms with Crippen LogP contribution in [0.25, 0.3) is 0 Å². The largest absolute Gasteiger partial charge is 0.466 e. The lowest BCUT2D eigenvalue weighted by atomic mass is 9.98. The quantitative estimate of drug-likeness (QED) is 0.445. The molecular weight excluding hydrogens is 552 g/mol. The molecule has 0 spiro atoms. The van der Waals surface area contributed by atoms with Crippen LogP contribution in [0.2, 0.25) is 0 Å². The van der Waals surface area contributed by atoms with E-state index in [0.29, 0.717) is 35.6 Å². The zero-order valence-electron chi connectivity index (χ0n) is 23.6.